The van der Waals surface area contributed by atoms with Crippen molar-refractivity contribution in [2.75, 3.05) is 0 Å². The number of halogens is 2. The van der Waals surface area contributed by atoms with E-state index in [0.29, 0.717) is 4.90 Å². The van der Waals surface area contributed by atoms with Crippen LogP contribution in [0.1, 0.15) is 67.7 Å². The van der Waals surface area contributed by atoms with E-state index in [4.69, 9.17) is 9.47 Å². The van der Waals surface area contributed by atoms with Crippen LogP contribution < -0.4 is 0 Å². The van der Waals surface area contributed by atoms with Gasteiger partial charge in [0, 0.05) is 24.0 Å². The molecule has 32 heavy (non-hydrogen) atoms. The second-order valence-electron chi connectivity index (χ2n) is 9.03. The largest absolute Gasteiger partial charge is 0.443 e. The Morgan fingerprint density at radius 1 is 1.12 bits per heavy atom. The van der Waals surface area contributed by atoms with Crippen molar-refractivity contribution in [1.29, 1.82) is 0 Å². The summed E-state index contributed by atoms with van der Waals surface area (Å²) in [4.78, 5) is 38.6. The number of imide groups is 1. The Balaban J connectivity index is 5.36. The smallest absolute Gasteiger partial charge is 0.425 e. The summed E-state index contributed by atoms with van der Waals surface area (Å²) in [6.45, 7) is 11.1. The van der Waals surface area contributed by atoms with E-state index in [-0.39, 0.29) is 12.8 Å². The maximum Gasteiger partial charge on any atom is 0.425 e. The third-order valence-electron chi connectivity index (χ3n) is 3.60. The Morgan fingerprint density at radius 2 is 1.59 bits per heavy atom. The van der Waals surface area contributed by atoms with Crippen molar-refractivity contribution in [3.05, 3.63) is 22.4 Å². The minimum Gasteiger partial charge on any atom is -0.443 e. The van der Waals surface area contributed by atoms with Crippen LogP contribution in [-0.2, 0) is 9.47 Å². The number of nitrogens with zero attached hydrogens (tertiary/aromatic N) is 3. The highest BCUT2D eigenvalue weighted by Crippen LogP contribution is 2.28. The van der Waals surface area contributed by atoms with Crippen molar-refractivity contribution in [2.24, 2.45) is 4.99 Å². The second-order valence-corrected chi connectivity index (χ2v) is 9.03. The predicted molar refractivity (Wildman–Crippen MR) is 113 cm³/mol. The summed E-state index contributed by atoms with van der Waals surface area (Å²) in [5, 5.41) is 20.7. The molecule has 0 heterocycles. The SMILES string of the molecule is CCCC(C(O)C(F)(F)C/C=C/N=CN(C(=O)OC(C)(C)C)C(=O)OC(C)(C)C)[N+](=O)[O-]. The lowest BCUT2D eigenvalue weighted by atomic mass is 9.98. The number of carbonyl (C=O) groups excluding carboxylic acids is 2. The highest BCUT2D eigenvalue weighted by atomic mass is 19.3. The minimum atomic E-state index is -3.78. The van der Waals surface area contributed by atoms with Gasteiger partial charge in [-0.25, -0.2) is 23.4 Å². The number of aliphatic hydroxyl groups excluding tert-OH is 1. The number of alkyl halides is 2. The average molecular weight is 465 g/mol. The highest BCUT2D eigenvalue weighted by molar-refractivity contribution is 6.00. The van der Waals surface area contributed by atoms with Crippen molar-refractivity contribution in [2.45, 2.75) is 97.0 Å². The zero-order valence-corrected chi connectivity index (χ0v) is 19.5. The van der Waals surface area contributed by atoms with Gasteiger partial charge in [-0.3, -0.25) is 10.1 Å². The molecule has 184 valence electrons. The monoisotopic (exact) mass is 465 g/mol. The number of hydrogen-bond donors (Lipinski definition) is 1. The first-order chi connectivity index (χ1) is 14.4. The van der Waals surface area contributed by atoms with E-state index < -0.39 is 52.8 Å². The lowest BCUT2D eigenvalue weighted by Gasteiger charge is -2.26. The van der Waals surface area contributed by atoms with Gasteiger partial charge < -0.3 is 14.6 Å². The molecule has 12 heteroatoms. The summed E-state index contributed by atoms with van der Waals surface area (Å²) in [5.41, 5.74) is -1.85. The third kappa shape index (κ3) is 11.1. The van der Waals surface area contributed by atoms with Crippen LogP contribution in [0.15, 0.2) is 17.3 Å². The standard InChI is InChI=1S/C20H33F2N3O7/c1-8-10-14(25(29)30)15(26)20(21,22)11-9-12-23-13-24(16(27)31-18(2,3)4)17(28)32-19(5,6)7/h9,12-15,26H,8,10-11H2,1-7H3/b12-9+,23-13?. The molecule has 0 saturated carbocycles. The number of aliphatic imine (C=N–C) groups is 1. The lowest BCUT2D eigenvalue weighted by molar-refractivity contribution is -0.541. The molecule has 1 N–H and O–H groups in total. The van der Waals surface area contributed by atoms with E-state index in [2.05, 4.69) is 4.99 Å². The van der Waals surface area contributed by atoms with Gasteiger partial charge in [0.1, 0.15) is 17.5 Å². The first-order valence-corrected chi connectivity index (χ1v) is 10.0. The Hall–Kier alpha value is -2.63. The van der Waals surface area contributed by atoms with Gasteiger partial charge in [0.05, 0.1) is 0 Å². The second kappa shape index (κ2) is 11.8. The van der Waals surface area contributed by atoms with E-state index in [0.717, 1.165) is 18.6 Å². The maximum atomic E-state index is 14.1. The molecule has 10 nitrogen and oxygen atoms in total. The Kier molecular flexibility index (Phi) is 10.9. The van der Waals surface area contributed by atoms with Crippen LogP contribution in [0.25, 0.3) is 0 Å². The summed E-state index contributed by atoms with van der Waals surface area (Å²) >= 11 is 0. The first-order valence-electron chi connectivity index (χ1n) is 10.0. The fourth-order valence-corrected chi connectivity index (χ4v) is 2.24. The van der Waals surface area contributed by atoms with E-state index in [9.17, 15) is 33.6 Å². The van der Waals surface area contributed by atoms with Gasteiger partial charge in [0.25, 0.3) is 5.92 Å². The van der Waals surface area contributed by atoms with Crippen molar-refractivity contribution in [3.8, 4) is 0 Å². The quantitative estimate of drug-likeness (QED) is 0.229. The molecule has 0 aliphatic carbocycles. The van der Waals surface area contributed by atoms with E-state index in [1.165, 1.54) is 0 Å². The van der Waals surface area contributed by atoms with Crippen LogP contribution in [0.4, 0.5) is 18.4 Å². The minimum absolute atomic E-state index is 0.202. The maximum absolute atomic E-state index is 14.1. The Morgan fingerprint density at radius 3 is 1.97 bits per heavy atom. The number of carbonyl (C=O) groups is 2. The van der Waals surface area contributed by atoms with Gasteiger partial charge in [-0.2, -0.15) is 4.90 Å². The molecule has 0 aromatic heterocycles. The van der Waals surface area contributed by atoms with Gasteiger partial charge in [-0.15, -0.1) is 0 Å². The first kappa shape index (κ1) is 29.4. The average Bonchev–Trinajstić information content (AvgIpc) is 2.58. The van der Waals surface area contributed by atoms with Crippen LogP contribution in [-0.4, -0.2) is 62.7 Å². The molecule has 0 saturated heterocycles. The van der Waals surface area contributed by atoms with Crippen molar-refractivity contribution < 1.29 is 37.9 Å². The molecule has 2 atom stereocenters. The van der Waals surface area contributed by atoms with Crippen LogP contribution in [0, 0.1) is 10.1 Å². The molecule has 0 aromatic carbocycles. The normalized spacial score (nSPS) is 14.9. The molecule has 2 unspecified atom stereocenters. The van der Waals surface area contributed by atoms with E-state index >= 15 is 0 Å². The highest BCUT2D eigenvalue weighted by Gasteiger charge is 2.47. The van der Waals surface area contributed by atoms with Crippen molar-refractivity contribution in [1.82, 2.24) is 4.90 Å². The summed E-state index contributed by atoms with van der Waals surface area (Å²) in [5.74, 6) is -3.78. The zero-order valence-electron chi connectivity index (χ0n) is 19.5. The Labute approximate surface area is 186 Å². The molecule has 0 rings (SSSR count). The van der Waals surface area contributed by atoms with E-state index in [1.54, 1.807) is 48.5 Å². The molecule has 0 spiro atoms. The topological polar surface area (TPSA) is 132 Å². The number of aliphatic hydroxyl groups is 1. The lowest BCUT2D eigenvalue weighted by Crippen LogP contribution is -2.46. The summed E-state index contributed by atoms with van der Waals surface area (Å²) in [6, 6.07) is -1.80. The molecule has 0 fully saturated rings. The molecular weight excluding hydrogens is 432 g/mol. The molecule has 0 aliphatic heterocycles. The molecule has 0 bridgehead atoms. The molecule has 0 aromatic rings. The third-order valence-corrected chi connectivity index (χ3v) is 3.60. The van der Waals surface area contributed by atoms with Crippen LogP contribution >= 0.6 is 0 Å². The molecule has 0 aliphatic rings. The number of amides is 2. The fourth-order valence-electron chi connectivity index (χ4n) is 2.24. The van der Waals surface area contributed by atoms with E-state index in [1.807, 2.05) is 0 Å². The summed E-state index contributed by atoms with van der Waals surface area (Å²) < 4.78 is 38.5. The van der Waals surface area contributed by atoms with Gasteiger partial charge >= 0.3 is 12.2 Å². The summed E-state index contributed by atoms with van der Waals surface area (Å²) in [6.07, 6.45) is -3.19. The summed E-state index contributed by atoms with van der Waals surface area (Å²) in [7, 11) is 0. The van der Waals surface area contributed by atoms with Crippen LogP contribution in [0.2, 0.25) is 0 Å². The van der Waals surface area contributed by atoms with Crippen LogP contribution in [0.5, 0.6) is 0 Å². The predicted octanol–water partition coefficient (Wildman–Crippen LogP) is 4.53. The number of rotatable bonds is 9. The van der Waals surface area contributed by atoms with Gasteiger partial charge in [-0.05, 0) is 48.0 Å². The van der Waals surface area contributed by atoms with Gasteiger partial charge in [0.15, 0.2) is 6.10 Å². The number of ether oxygens (including phenoxy) is 2. The molecule has 2 amide bonds. The molecule has 0 radical (unpaired) electrons. The van der Waals surface area contributed by atoms with Gasteiger partial charge in [-0.1, -0.05) is 13.0 Å². The van der Waals surface area contributed by atoms with Gasteiger partial charge in [0.2, 0.25) is 6.04 Å². The zero-order chi connectivity index (χ0) is 25.3. The van der Waals surface area contributed by atoms with Crippen molar-refractivity contribution in [3.63, 3.8) is 0 Å². The Bertz CT molecular complexity index is 685. The van der Waals surface area contributed by atoms with Crippen LogP contribution in [0.3, 0.4) is 0 Å². The molecular formula is C20H33F2N3O7. The number of hydrogen-bond acceptors (Lipinski definition) is 8. The number of allylic oxidation sites excluding steroid dienone is 1. The van der Waals surface area contributed by atoms with Crippen molar-refractivity contribution >= 4 is 18.5 Å². The number of nitro groups is 1. The fraction of sp³-hybridized carbons (Fsp3) is 0.750.